The number of rotatable bonds is 1. The van der Waals surface area contributed by atoms with Gasteiger partial charge in [0.15, 0.2) is 0 Å². The van der Waals surface area contributed by atoms with Crippen molar-refractivity contribution >= 4 is 0 Å². The van der Waals surface area contributed by atoms with Crippen molar-refractivity contribution in [3.05, 3.63) is 0 Å². The predicted molar refractivity (Wildman–Crippen MR) is 33.7 cm³/mol. The third-order valence-electron chi connectivity index (χ3n) is 1.38. The lowest BCUT2D eigenvalue weighted by Crippen LogP contribution is -2.57. The van der Waals surface area contributed by atoms with E-state index in [1.165, 1.54) is 5.23 Å². The molecule has 1 rings (SSSR count). The van der Waals surface area contributed by atoms with Crippen LogP contribution in [0.25, 0.3) is 0 Å². The van der Waals surface area contributed by atoms with Gasteiger partial charge in [0.2, 0.25) is 0 Å². The second-order valence-corrected chi connectivity index (χ2v) is 2.51. The zero-order valence-corrected chi connectivity index (χ0v) is 5.91. The van der Waals surface area contributed by atoms with Crippen LogP contribution in [0.5, 0.6) is 0 Å². The van der Waals surface area contributed by atoms with Crippen molar-refractivity contribution in [1.82, 2.24) is 5.23 Å². The smallest absolute Gasteiger partial charge is 0.0937 e. The minimum absolute atomic E-state index is 0.124. The normalized spacial score (nSPS) is 26.7. The molecule has 1 aliphatic heterocycles. The van der Waals surface area contributed by atoms with Gasteiger partial charge in [-0.25, -0.2) is 0 Å². The predicted octanol–water partition coefficient (Wildman–Crippen LogP) is -1.52. The molecule has 0 bridgehead atoms. The van der Waals surface area contributed by atoms with Crippen LogP contribution in [0.1, 0.15) is 0 Å². The highest BCUT2D eigenvalue weighted by atomic mass is 17.0. The first-order chi connectivity index (χ1) is 4.66. The van der Waals surface area contributed by atoms with Crippen LogP contribution in [-0.2, 0) is 9.68 Å². The molecule has 5 heteroatoms. The van der Waals surface area contributed by atoms with Gasteiger partial charge in [-0.05, 0) is 0 Å². The quantitative estimate of drug-likeness (QED) is 0.473. The number of aliphatic hydroxyl groups excluding tert-OH is 1. The van der Waals surface area contributed by atoms with Gasteiger partial charge in [-0.1, -0.05) is 5.23 Å². The molecule has 0 aliphatic carbocycles. The topological polar surface area (TPSA) is 68.0 Å². The van der Waals surface area contributed by atoms with Gasteiger partial charge in [-0.2, -0.15) is 0 Å². The molecule has 0 aromatic carbocycles. The molecule has 1 aliphatic rings. The van der Waals surface area contributed by atoms with Crippen molar-refractivity contribution in [2.24, 2.45) is 5.73 Å². The summed E-state index contributed by atoms with van der Waals surface area (Å²) in [6.07, 6.45) is 0. The summed E-state index contributed by atoms with van der Waals surface area (Å²) in [5, 5.41) is 9.97. The Bertz CT molecular complexity index is 111. The van der Waals surface area contributed by atoms with Gasteiger partial charge >= 0.3 is 0 Å². The Labute approximate surface area is 59.2 Å². The van der Waals surface area contributed by atoms with Crippen molar-refractivity contribution in [3.8, 4) is 0 Å². The van der Waals surface area contributed by atoms with Gasteiger partial charge in [0.25, 0.3) is 0 Å². The fourth-order valence-corrected chi connectivity index (χ4v) is 0.609. The molecule has 1 heterocycles. The van der Waals surface area contributed by atoms with E-state index < -0.39 is 5.54 Å². The summed E-state index contributed by atoms with van der Waals surface area (Å²) < 4.78 is 0. The number of nitrogens with zero attached hydrogens (tertiary/aromatic N) is 1. The first kappa shape index (κ1) is 7.90. The molecule has 10 heavy (non-hydrogen) atoms. The van der Waals surface area contributed by atoms with Crippen LogP contribution < -0.4 is 5.73 Å². The van der Waals surface area contributed by atoms with Crippen LogP contribution in [-0.4, -0.2) is 42.7 Å². The van der Waals surface area contributed by atoms with E-state index in [2.05, 4.69) is 0 Å². The average molecular weight is 148 g/mol. The van der Waals surface area contributed by atoms with Gasteiger partial charge < -0.3 is 10.8 Å². The van der Waals surface area contributed by atoms with Crippen LogP contribution in [0.4, 0.5) is 0 Å². The highest BCUT2D eigenvalue weighted by molar-refractivity contribution is 4.83. The summed E-state index contributed by atoms with van der Waals surface area (Å²) in [4.78, 5) is 9.82. The molecule has 60 valence electrons. The summed E-state index contributed by atoms with van der Waals surface area (Å²) in [7, 11) is 1.64. The van der Waals surface area contributed by atoms with E-state index in [0.717, 1.165) is 0 Å². The maximum absolute atomic E-state index is 8.73. The number of hydrogen-bond donors (Lipinski definition) is 2. The van der Waals surface area contributed by atoms with E-state index in [1.54, 1.807) is 7.05 Å². The maximum atomic E-state index is 8.73. The van der Waals surface area contributed by atoms with Gasteiger partial charge in [-0.3, -0.25) is 9.68 Å². The van der Waals surface area contributed by atoms with E-state index in [9.17, 15) is 0 Å². The highest BCUT2D eigenvalue weighted by Gasteiger charge is 2.30. The van der Waals surface area contributed by atoms with Crippen LogP contribution >= 0.6 is 0 Å². The Morgan fingerprint density at radius 2 is 2.10 bits per heavy atom. The highest BCUT2D eigenvalue weighted by Crippen LogP contribution is 2.09. The molecule has 0 amide bonds. The van der Waals surface area contributed by atoms with Crippen molar-refractivity contribution in [2.45, 2.75) is 5.54 Å². The van der Waals surface area contributed by atoms with Gasteiger partial charge in [0, 0.05) is 7.05 Å². The number of hydroxylamine groups is 2. The molecule has 0 aromatic heterocycles. The van der Waals surface area contributed by atoms with E-state index in [0.29, 0.717) is 13.2 Å². The molecule has 0 spiro atoms. The maximum Gasteiger partial charge on any atom is 0.0937 e. The van der Waals surface area contributed by atoms with Crippen LogP contribution in [0.3, 0.4) is 0 Å². The molecule has 5 nitrogen and oxygen atoms in total. The largest absolute Gasteiger partial charge is 0.394 e. The number of hydrogen-bond acceptors (Lipinski definition) is 5. The molecular weight excluding hydrogens is 136 g/mol. The summed E-state index contributed by atoms with van der Waals surface area (Å²) in [6.45, 7) is 0.459. The lowest BCUT2D eigenvalue weighted by atomic mass is 10.1. The van der Waals surface area contributed by atoms with Gasteiger partial charge in [-0.15, -0.1) is 0 Å². The van der Waals surface area contributed by atoms with Crippen molar-refractivity contribution < 1.29 is 14.8 Å². The molecule has 1 saturated heterocycles. The summed E-state index contributed by atoms with van der Waals surface area (Å²) in [6, 6.07) is 0. The monoisotopic (exact) mass is 148 g/mol. The lowest BCUT2D eigenvalue weighted by molar-refractivity contribution is -0.394. The van der Waals surface area contributed by atoms with Gasteiger partial charge in [0.1, 0.15) is 0 Å². The summed E-state index contributed by atoms with van der Waals surface area (Å²) in [5.41, 5.74) is 4.86. The number of nitrogens with two attached hydrogens (primary N) is 1. The lowest BCUT2D eigenvalue weighted by Gasteiger charge is -2.34. The fraction of sp³-hybridized carbons (Fsp3) is 1.00. The average Bonchev–Trinajstić information content (AvgIpc) is 1.96. The molecule has 0 saturated carbocycles. The Kier molecular flexibility index (Phi) is 2.22. The van der Waals surface area contributed by atoms with Crippen LogP contribution in [0.2, 0.25) is 0 Å². The molecule has 0 unspecified atom stereocenters. The Hall–Kier alpha value is -0.200. The zero-order valence-electron chi connectivity index (χ0n) is 5.91. The Balaban J connectivity index is 2.38. The van der Waals surface area contributed by atoms with Crippen LogP contribution in [0, 0.1) is 0 Å². The first-order valence-corrected chi connectivity index (χ1v) is 3.06. The minimum atomic E-state index is -0.730. The molecule has 0 aromatic rings. The van der Waals surface area contributed by atoms with Crippen molar-refractivity contribution in [1.29, 1.82) is 0 Å². The molecule has 0 atom stereocenters. The molecular formula is C5H12N2O3. The van der Waals surface area contributed by atoms with E-state index in [1.807, 2.05) is 0 Å². The zero-order chi connectivity index (χ0) is 7.61. The van der Waals surface area contributed by atoms with Crippen molar-refractivity contribution in [3.63, 3.8) is 0 Å². The van der Waals surface area contributed by atoms with Crippen LogP contribution in [0.15, 0.2) is 0 Å². The number of aliphatic hydroxyl groups is 1. The fourth-order valence-electron chi connectivity index (χ4n) is 0.609. The molecule has 0 radical (unpaired) electrons. The minimum Gasteiger partial charge on any atom is -0.394 e. The second kappa shape index (κ2) is 2.81. The standard InChI is InChI=1S/C5H12N2O3/c1-7-9-3-5(6,2-8)4-10-7/h8H,2-4,6H2,1H3. The summed E-state index contributed by atoms with van der Waals surface area (Å²) >= 11 is 0. The second-order valence-electron chi connectivity index (χ2n) is 2.51. The van der Waals surface area contributed by atoms with E-state index in [4.69, 9.17) is 20.5 Å². The van der Waals surface area contributed by atoms with E-state index in [-0.39, 0.29) is 6.61 Å². The van der Waals surface area contributed by atoms with Gasteiger partial charge in [0.05, 0.1) is 25.4 Å². The molecule has 1 fully saturated rings. The Morgan fingerprint density at radius 3 is 2.50 bits per heavy atom. The van der Waals surface area contributed by atoms with Crippen molar-refractivity contribution in [2.75, 3.05) is 26.9 Å². The molecule has 3 N–H and O–H groups in total. The summed E-state index contributed by atoms with van der Waals surface area (Å²) in [5.74, 6) is 0. The SMILES string of the molecule is CN1OCC(N)(CO)CO1. The third-order valence-corrected chi connectivity index (χ3v) is 1.38. The first-order valence-electron chi connectivity index (χ1n) is 3.06. The Morgan fingerprint density at radius 1 is 1.60 bits per heavy atom. The van der Waals surface area contributed by atoms with E-state index >= 15 is 0 Å². The third kappa shape index (κ3) is 1.65.